The zero-order chi connectivity index (χ0) is 10.4. The van der Waals surface area contributed by atoms with Crippen molar-refractivity contribution in [1.29, 1.82) is 0 Å². The monoisotopic (exact) mass is 209 g/mol. The van der Waals surface area contributed by atoms with E-state index in [4.69, 9.17) is 10.2 Å². The molecule has 0 amide bonds. The molecule has 5 heteroatoms. The first-order valence-corrected chi connectivity index (χ1v) is 4.39. The van der Waals surface area contributed by atoms with Crippen molar-refractivity contribution in [2.75, 3.05) is 0 Å². The molecule has 4 nitrogen and oxygen atoms in total. The average Bonchev–Trinajstić information content (AvgIpc) is 2.56. The Bertz CT molecular complexity index is 354. The highest BCUT2D eigenvalue weighted by atomic mass is 32.1. The Kier molecular flexibility index (Phi) is 3.87. The number of hydrazone groups is 1. The van der Waals surface area contributed by atoms with E-state index in [-0.39, 0.29) is 5.11 Å². The molecule has 0 aliphatic rings. The van der Waals surface area contributed by atoms with Crippen LogP contribution in [0.5, 0.6) is 0 Å². The van der Waals surface area contributed by atoms with E-state index < -0.39 is 0 Å². The molecule has 74 valence electrons. The van der Waals surface area contributed by atoms with Crippen LogP contribution in [0.2, 0.25) is 0 Å². The van der Waals surface area contributed by atoms with Crippen LogP contribution in [0.3, 0.4) is 0 Å². The van der Waals surface area contributed by atoms with Gasteiger partial charge in [-0.25, -0.2) is 0 Å². The largest absolute Gasteiger partial charge is 0.465 e. The third kappa shape index (κ3) is 3.86. The summed E-state index contributed by atoms with van der Waals surface area (Å²) in [6, 6.07) is 3.68. The molecule has 1 rings (SSSR count). The van der Waals surface area contributed by atoms with E-state index >= 15 is 0 Å². The van der Waals surface area contributed by atoms with Crippen LogP contribution in [0.4, 0.5) is 0 Å². The van der Waals surface area contributed by atoms with Gasteiger partial charge in [0.15, 0.2) is 5.11 Å². The molecule has 1 aromatic rings. The Morgan fingerprint density at radius 2 is 2.50 bits per heavy atom. The Hall–Kier alpha value is -1.62. The SMILES string of the molecule is CC(=C/c1ccco1)/C=N/NC(N)=S. The topological polar surface area (TPSA) is 63.5 Å². The fourth-order valence-electron chi connectivity index (χ4n) is 0.833. The van der Waals surface area contributed by atoms with E-state index in [1.165, 1.54) is 0 Å². The predicted octanol–water partition coefficient (Wildman–Crippen LogP) is 1.50. The molecule has 1 heterocycles. The summed E-state index contributed by atoms with van der Waals surface area (Å²) in [5.74, 6) is 0.782. The van der Waals surface area contributed by atoms with Gasteiger partial charge in [-0.2, -0.15) is 5.10 Å². The summed E-state index contributed by atoms with van der Waals surface area (Å²) in [7, 11) is 0. The second-order valence-corrected chi connectivity index (χ2v) is 3.08. The van der Waals surface area contributed by atoms with Gasteiger partial charge in [-0.3, -0.25) is 5.43 Å². The van der Waals surface area contributed by atoms with Crippen LogP contribution in [-0.2, 0) is 0 Å². The molecule has 0 aliphatic carbocycles. The van der Waals surface area contributed by atoms with Crippen molar-refractivity contribution in [2.24, 2.45) is 10.8 Å². The molecule has 0 radical (unpaired) electrons. The zero-order valence-electron chi connectivity index (χ0n) is 7.73. The molecule has 3 N–H and O–H groups in total. The van der Waals surface area contributed by atoms with Gasteiger partial charge >= 0.3 is 0 Å². The van der Waals surface area contributed by atoms with Gasteiger partial charge in [-0.15, -0.1) is 0 Å². The molecule has 0 aromatic carbocycles. The van der Waals surface area contributed by atoms with Crippen molar-refractivity contribution in [3.05, 3.63) is 29.7 Å². The van der Waals surface area contributed by atoms with Crippen molar-refractivity contribution in [1.82, 2.24) is 5.43 Å². The first kappa shape index (κ1) is 10.5. The van der Waals surface area contributed by atoms with E-state index in [1.54, 1.807) is 12.5 Å². The lowest BCUT2D eigenvalue weighted by molar-refractivity contribution is 0.557. The molecule has 0 fully saturated rings. The number of allylic oxidation sites excluding steroid dienone is 1. The minimum absolute atomic E-state index is 0.145. The first-order chi connectivity index (χ1) is 6.68. The van der Waals surface area contributed by atoms with Crippen LogP contribution < -0.4 is 11.2 Å². The first-order valence-electron chi connectivity index (χ1n) is 3.99. The van der Waals surface area contributed by atoms with E-state index in [1.807, 2.05) is 25.1 Å². The Labute approximate surface area is 87.5 Å². The number of hydrogen-bond acceptors (Lipinski definition) is 3. The molecule has 14 heavy (non-hydrogen) atoms. The molecule has 0 aliphatic heterocycles. The van der Waals surface area contributed by atoms with Crippen molar-refractivity contribution in [2.45, 2.75) is 6.92 Å². The van der Waals surface area contributed by atoms with Gasteiger partial charge < -0.3 is 10.2 Å². The highest BCUT2D eigenvalue weighted by Crippen LogP contribution is 2.05. The fourth-order valence-corrected chi connectivity index (χ4v) is 0.885. The second kappa shape index (κ2) is 5.18. The minimum atomic E-state index is 0.145. The summed E-state index contributed by atoms with van der Waals surface area (Å²) >= 11 is 4.58. The van der Waals surface area contributed by atoms with E-state index in [2.05, 4.69) is 22.7 Å². The third-order valence-electron chi connectivity index (χ3n) is 1.36. The van der Waals surface area contributed by atoms with Gasteiger partial charge in [-0.1, -0.05) is 0 Å². The quantitative estimate of drug-likeness (QED) is 0.450. The van der Waals surface area contributed by atoms with Gasteiger partial charge in [0.1, 0.15) is 5.76 Å². The number of nitrogens with two attached hydrogens (primary N) is 1. The van der Waals surface area contributed by atoms with Crippen molar-refractivity contribution < 1.29 is 4.42 Å². The number of hydrogen-bond donors (Lipinski definition) is 2. The van der Waals surface area contributed by atoms with E-state index in [0.717, 1.165) is 11.3 Å². The predicted molar refractivity (Wildman–Crippen MR) is 60.8 cm³/mol. The molecular weight excluding hydrogens is 198 g/mol. The van der Waals surface area contributed by atoms with E-state index in [0.29, 0.717) is 0 Å². The third-order valence-corrected chi connectivity index (χ3v) is 1.45. The normalized spacial score (nSPS) is 11.9. The summed E-state index contributed by atoms with van der Waals surface area (Å²) < 4.78 is 5.12. The molecule has 0 unspecified atom stereocenters. The Balaban J connectivity index is 2.53. The second-order valence-electron chi connectivity index (χ2n) is 2.64. The summed E-state index contributed by atoms with van der Waals surface area (Å²) in [5.41, 5.74) is 8.58. The van der Waals surface area contributed by atoms with Gasteiger partial charge in [0, 0.05) is 0 Å². The molecule has 0 saturated heterocycles. The minimum Gasteiger partial charge on any atom is -0.465 e. The number of thiocarbonyl (C=S) groups is 1. The lowest BCUT2D eigenvalue weighted by Crippen LogP contribution is -2.23. The molecular formula is C9H11N3OS. The number of rotatable bonds is 3. The molecule has 0 spiro atoms. The molecule has 0 bridgehead atoms. The maximum atomic E-state index is 5.18. The highest BCUT2D eigenvalue weighted by Gasteiger charge is 1.90. The van der Waals surface area contributed by atoms with Crippen LogP contribution in [-0.4, -0.2) is 11.3 Å². The standard InChI is InChI=1S/C9H11N3OS/c1-7(6-11-12-9(10)14)5-8-3-2-4-13-8/h2-6H,1H3,(H3,10,12,14)/b7-5-,11-6+. The van der Waals surface area contributed by atoms with Crippen molar-refractivity contribution in [3.8, 4) is 0 Å². The maximum absolute atomic E-state index is 5.18. The summed E-state index contributed by atoms with van der Waals surface area (Å²) in [4.78, 5) is 0. The van der Waals surface area contributed by atoms with Gasteiger partial charge in [0.25, 0.3) is 0 Å². The summed E-state index contributed by atoms with van der Waals surface area (Å²) in [6.07, 6.45) is 5.08. The molecule has 1 aromatic heterocycles. The van der Waals surface area contributed by atoms with Gasteiger partial charge in [0.05, 0.1) is 12.5 Å². The van der Waals surface area contributed by atoms with Crippen LogP contribution in [0.1, 0.15) is 12.7 Å². The summed E-state index contributed by atoms with van der Waals surface area (Å²) in [5, 5.41) is 3.95. The number of furan rings is 1. The smallest absolute Gasteiger partial charge is 0.184 e. The lowest BCUT2D eigenvalue weighted by atomic mass is 10.3. The zero-order valence-corrected chi connectivity index (χ0v) is 8.54. The van der Waals surface area contributed by atoms with Crippen molar-refractivity contribution >= 4 is 29.6 Å². The van der Waals surface area contributed by atoms with Crippen LogP contribution in [0, 0.1) is 0 Å². The van der Waals surface area contributed by atoms with Crippen molar-refractivity contribution in [3.63, 3.8) is 0 Å². The average molecular weight is 209 g/mol. The van der Waals surface area contributed by atoms with Crippen LogP contribution >= 0.6 is 12.2 Å². The van der Waals surface area contributed by atoms with Crippen LogP contribution in [0.15, 0.2) is 33.5 Å². The number of nitrogens with zero attached hydrogens (tertiary/aromatic N) is 1. The van der Waals surface area contributed by atoms with Gasteiger partial charge in [0.2, 0.25) is 0 Å². The lowest BCUT2D eigenvalue weighted by Gasteiger charge is -1.93. The summed E-state index contributed by atoms with van der Waals surface area (Å²) in [6.45, 7) is 1.90. The van der Waals surface area contributed by atoms with Gasteiger partial charge in [-0.05, 0) is 42.9 Å². The fraction of sp³-hybridized carbons (Fsp3) is 0.111. The highest BCUT2D eigenvalue weighted by molar-refractivity contribution is 7.80. The van der Waals surface area contributed by atoms with E-state index in [9.17, 15) is 0 Å². The molecule has 0 atom stereocenters. The molecule has 0 saturated carbocycles. The Morgan fingerprint density at radius 3 is 3.07 bits per heavy atom. The number of nitrogens with one attached hydrogen (secondary N) is 1. The van der Waals surface area contributed by atoms with Crippen LogP contribution in [0.25, 0.3) is 6.08 Å². The Morgan fingerprint density at radius 1 is 1.71 bits per heavy atom. The maximum Gasteiger partial charge on any atom is 0.184 e.